The van der Waals surface area contributed by atoms with Crippen molar-refractivity contribution in [1.82, 2.24) is 10.3 Å². The quantitative estimate of drug-likeness (QED) is 0.373. The van der Waals surface area contributed by atoms with Gasteiger partial charge < -0.3 is 30.0 Å². The second-order valence-corrected chi connectivity index (χ2v) is 10.3. The van der Waals surface area contributed by atoms with Gasteiger partial charge in [0.15, 0.2) is 16.6 Å². The van der Waals surface area contributed by atoms with Gasteiger partial charge in [0.2, 0.25) is 5.91 Å². The normalized spacial score (nSPS) is 20.7. The summed E-state index contributed by atoms with van der Waals surface area (Å²) >= 11 is 1.37. The number of carboxylic acid groups (broad SMARTS) is 1. The smallest absolute Gasteiger partial charge is 0.335 e. The highest BCUT2D eigenvalue weighted by Gasteiger charge is 2.35. The number of carboxylic acids is 1. The summed E-state index contributed by atoms with van der Waals surface area (Å²) in [5.74, 6) is 0.434. The Morgan fingerprint density at radius 3 is 2.81 bits per heavy atom. The summed E-state index contributed by atoms with van der Waals surface area (Å²) in [6, 6.07) is 10.1. The molecule has 0 radical (unpaired) electrons. The van der Waals surface area contributed by atoms with Crippen LogP contribution >= 0.6 is 11.3 Å². The van der Waals surface area contributed by atoms with Crippen LogP contribution in [0.3, 0.4) is 0 Å². The van der Waals surface area contributed by atoms with Crippen LogP contribution in [-0.4, -0.2) is 47.8 Å². The number of hydrogen-bond acceptors (Lipinski definition) is 8. The molecule has 1 aromatic heterocycles. The van der Waals surface area contributed by atoms with Gasteiger partial charge in [0, 0.05) is 36.7 Å². The maximum Gasteiger partial charge on any atom is 0.335 e. The van der Waals surface area contributed by atoms with Crippen LogP contribution in [0.15, 0.2) is 48.0 Å². The minimum Gasteiger partial charge on any atom is -0.487 e. The molecule has 1 unspecified atom stereocenters. The average Bonchev–Trinajstić information content (AvgIpc) is 3.58. The lowest BCUT2D eigenvalue weighted by atomic mass is 9.81. The van der Waals surface area contributed by atoms with Gasteiger partial charge in [-0.15, -0.1) is 11.3 Å². The van der Waals surface area contributed by atoms with Crippen LogP contribution in [0.1, 0.15) is 47.7 Å². The third kappa shape index (κ3) is 5.93. The first-order valence-electron chi connectivity index (χ1n) is 12.3. The molecule has 10 heteroatoms. The molecule has 194 valence electrons. The van der Waals surface area contributed by atoms with E-state index in [1.807, 2.05) is 24.4 Å². The van der Waals surface area contributed by atoms with E-state index in [2.05, 4.69) is 15.6 Å². The fourth-order valence-electron chi connectivity index (χ4n) is 4.76. The molecule has 1 amide bonds. The number of nitrogens with one attached hydrogen (secondary N) is 2. The van der Waals surface area contributed by atoms with Crippen LogP contribution in [-0.2, 0) is 21.5 Å². The van der Waals surface area contributed by atoms with Crippen LogP contribution in [0.2, 0.25) is 0 Å². The number of fused-ring (bicyclic) bond motifs is 1. The second kappa shape index (κ2) is 10.9. The number of hydrogen-bond donors (Lipinski definition) is 3. The summed E-state index contributed by atoms with van der Waals surface area (Å²) in [7, 11) is 0. The van der Waals surface area contributed by atoms with Crippen LogP contribution < -0.4 is 20.1 Å². The molecule has 3 heterocycles. The SMILES string of the molecule is C[C@]1(CC(=O)Nc2nccs2)NCCc2cc(OCC3CCCO3)c(Oc3ccc(C(=O)O)cc3)cc21. The summed E-state index contributed by atoms with van der Waals surface area (Å²) in [5, 5.41) is 18.0. The Balaban J connectivity index is 1.44. The molecule has 0 spiro atoms. The Morgan fingerprint density at radius 2 is 2.11 bits per heavy atom. The fraction of sp³-hybridized carbons (Fsp3) is 0.370. The molecule has 3 aromatic rings. The first kappa shape index (κ1) is 25.2. The Bertz CT molecular complexity index is 1260. The van der Waals surface area contributed by atoms with Crippen LogP contribution in [0.25, 0.3) is 0 Å². The lowest BCUT2D eigenvalue weighted by Crippen LogP contribution is -2.47. The largest absolute Gasteiger partial charge is 0.487 e. The Kier molecular flexibility index (Phi) is 7.40. The van der Waals surface area contributed by atoms with Gasteiger partial charge in [-0.05, 0) is 73.7 Å². The van der Waals surface area contributed by atoms with E-state index in [-0.39, 0.29) is 24.0 Å². The standard InChI is InChI=1S/C27H29N3O6S/c1-27(15-24(31)30-26-28-10-12-37-26)21-14-23(36-19-6-4-17(5-7-19)25(32)33)22(13-18(21)8-9-29-27)35-16-20-3-2-11-34-20/h4-7,10,12-14,20,29H,2-3,8-9,11,15-16H2,1H3,(H,32,33)(H,28,30,31)/t20?,27-/m1/s1. The number of nitrogens with zero attached hydrogens (tertiary/aromatic N) is 1. The summed E-state index contributed by atoms with van der Waals surface area (Å²) in [6.45, 7) is 3.88. The van der Waals surface area contributed by atoms with Crippen molar-refractivity contribution in [1.29, 1.82) is 0 Å². The molecule has 2 aromatic carbocycles. The molecule has 0 bridgehead atoms. The van der Waals surface area contributed by atoms with E-state index in [1.54, 1.807) is 18.3 Å². The first-order valence-corrected chi connectivity index (χ1v) is 13.1. The number of benzene rings is 2. The second-order valence-electron chi connectivity index (χ2n) is 9.40. The van der Waals surface area contributed by atoms with Crippen molar-refractivity contribution in [3.63, 3.8) is 0 Å². The molecule has 2 aliphatic rings. The fourth-order valence-corrected chi connectivity index (χ4v) is 5.31. The van der Waals surface area contributed by atoms with E-state index >= 15 is 0 Å². The molecule has 0 aliphatic carbocycles. The van der Waals surface area contributed by atoms with E-state index in [0.29, 0.717) is 29.0 Å². The summed E-state index contributed by atoms with van der Waals surface area (Å²) in [4.78, 5) is 28.3. The number of amides is 1. The molecule has 5 rings (SSSR count). The molecular weight excluding hydrogens is 494 g/mol. The van der Waals surface area contributed by atoms with Crippen molar-refractivity contribution in [2.24, 2.45) is 0 Å². The number of carbonyl (C=O) groups is 2. The third-order valence-electron chi connectivity index (χ3n) is 6.64. The Hall–Kier alpha value is -3.47. The molecule has 1 saturated heterocycles. The summed E-state index contributed by atoms with van der Waals surface area (Å²) in [6.07, 6.45) is 4.66. The van der Waals surface area contributed by atoms with Crippen molar-refractivity contribution in [3.05, 3.63) is 64.7 Å². The van der Waals surface area contributed by atoms with Gasteiger partial charge in [-0.1, -0.05) is 0 Å². The van der Waals surface area contributed by atoms with Gasteiger partial charge in [-0.25, -0.2) is 9.78 Å². The highest BCUT2D eigenvalue weighted by atomic mass is 32.1. The monoisotopic (exact) mass is 523 g/mol. The third-order valence-corrected chi connectivity index (χ3v) is 7.33. The zero-order valence-electron chi connectivity index (χ0n) is 20.5. The van der Waals surface area contributed by atoms with Crippen molar-refractivity contribution in [2.75, 3.05) is 25.1 Å². The van der Waals surface area contributed by atoms with Gasteiger partial charge in [-0.2, -0.15) is 0 Å². The van der Waals surface area contributed by atoms with Gasteiger partial charge in [0.25, 0.3) is 0 Å². The zero-order valence-corrected chi connectivity index (χ0v) is 21.3. The highest BCUT2D eigenvalue weighted by Crippen LogP contribution is 2.41. The van der Waals surface area contributed by atoms with Crippen molar-refractivity contribution in [3.8, 4) is 17.2 Å². The number of ether oxygens (including phenoxy) is 3. The predicted molar refractivity (Wildman–Crippen MR) is 139 cm³/mol. The van der Waals surface area contributed by atoms with Crippen molar-refractivity contribution in [2.45, 2.75) is 44.2 Å². The minimum absolute atomic E-state index is 0.0419. The topological polar surface area (TPSA) is 119 Å². The van der Waals surface area contributed by atoms with Gasteiger partial charge >= 0.3 is 5.97 Å². The first-order chi connectivity index (χ1) is 17.9. The van der Waals surface area contributed by atoms with Gasteiger partial charge in [0.05, 0.1) is 11.7 Å². The van der Waals surface area contributed by atoms with Crippen molar-refractivity contribution < 1.29 is 28.9 Å². The number of carbonyl (C=O) groups excluding carboxylic acids is 1. The van der Waals surface area contributed by atoms with Crippen LogP contribution in [0.4, 0.5) is 5.13 Å². The molecule has 2 aliphatic heterocycles. The number of aromatic nitrogens is 1. The predicted octanol–water partition coefficient (Wildman–Crippen LogP) is 4.58. The maximum absolute atomic E-state index is 12.9. The number of anilines is 1. The minimum atomic E-state index is -1.00. The van der Waals surface area contributed by atoms with Crippen molar-refractivity contribution >= 4 is 28.3 Å². The summed E-state index contributed by atoms with van der Waals surface area (Å²) in [5.41, 5.74) is 1.58. The molecular formula is C27H29N3O6S. The van der Waals surface area contributed by atoms with E-state index in [1.165, 1.54) is 23.5 Å². The molecule has 1 fully saturated rings. The Morgan fingerprint density at radius 1 is 1.27 bits per heavy atom. The molecule has 2 atom stereocenters. The van der Waals surface area contributed by atoms with Gasteiger partial charge in [-0.3, -0.25) is 4.79 Å². The maximum atomic E-state index is 12.9. The zero-order chi connectivity index (χ0) is 25.8. The lowest BCUT2D eigenvalue weighted by molar-refractivity contribution is -0.117. The average molecular weight is 524 g/mol. The molecule has 37 heavy (non-hydrogen) atoms. The highest BCUT2D eigenvalue weighted by molar-refractivity contribution is 7.13. The molecule has 9 nitrogen and oxygen atoms in total. The van der Waals surface area contributed by atoms with E-state index < -0.39 is 11.5 Å². The summed E-state index contributed by atoms with van der Waals surface area (Å²) < 4.78 is 18.1. The molecule has 3 N–H and O–H groups in total. The van der Waals surface area contributed by atoms with E-state index in [4.69, 9.17) is 14.2 Å². The Labute approximate surface area is 218 Å². The van der Waals surface area contributed by atoms with E-state index in [9.17, 15) is 14.7 Å². The number of rotatable bonds is 9. The van der Waals surface area contributed by atoms with Crippen LogP contribution in [0, 0.1) is 0 Å². The van der Waals surface area contributed by atoms with Crippen LogP contribution in [0.5, 0.6) is 17.2 Å². The van der Waals surface area contributed by atoms with Gasteiger partial charge in [0.1, 0.15) is 12.4 Å². The molecule has 0 saturated carbocycles. The lowest BCUT2D eigenvalue weighted by Gasteiger charge is -2.37. The number of aromatic carboxylic acids is 1. The number of thiazole rings is 1. The van der Waals surface area contributed by atoms with E-state index in [0.717, 1.165) is 43.5 Å².